The molecule has 2 radical (unpaired) electrons. The van der Waals surface area contributed by atoms with Crippen molar-refractivity contribution in [2.45, 2.75) is 25.3 Å². The molecule has 5 heteroatoms. The van der Waals surface area contributed by atoms with Crippen molar-refractivity contribution in [1.29, 1.82) is 0 Å². The summed E-state index contributed by atoms with van der Waals surface area (Å²) in [4.78, 5) is 10.7. The summed E-state index contributed by atoms with van der Waals surface area (Å²) >= 11 is 1.75. The summed E-state index contributed by atoms with van der Waals surface area (Å²) in [6.45, 7) is 0.643. The molecule has 0 amide bonds. The van der Waals surface area contributed by atoms with Crippen LogP contribution in [0.5, 0.6) is 0 Å². The number of hydrogen-bond donors (Lipinski definition) is 2. The fraction of sp³-hybridized carbons (Fsp3) is 0.833. The van der Waals surface area contributed by atoms with Gasteiger partial charge in [0.05, 0.1) is 0 Å². The second kappa shape index (κ2) is 6.65. The SMILES string of the molecule is NCCCC[C@H](N)C(=O)O[As]. The number of unbranched alkanes of at least 4 members (excludes halogenated alkanes) is 1. The Morgan fingerprint density at radius 1 is 1.55 bits per heavy atom. The molecule has 0 fully saturated rings. The first kappa shape index (κ1) is 10.9. The number of carbonyl (C=O) groups excluding carboxylic acids is 1. The van der Waals surface area contributed by atoms with E-state index in [0.717, 1.165) is 12.8 Å². The van der Waals surface area contributed by atoms with Crippen LogP contribution < -0.4 is 11.5 Å². The van der Waals surface area contributed by atoms with Crippen molar-refractivity contribution in [1.82, 2.24) is 0 Å². The van der Waals surface area contributed by atoms with Gasteiger partial charge in [0.15, 0.2) is 0 Å². The first-order valence-electron chi connectivity index (χ1n) is 3.53. The number of hydrogen-bond acceptors (Lipinski definition) is 4. The summed E-state index contributed by atoms with van der Waals surface area (Å²) in [6.07, 6.45) is 2.42. The Bertz CT molecular complexity index is 121. The molecular weight excluding hydrogens is 207 g/mol. The van der Waals surface area contributed by atoms with Crippen LogP contribution in [0.2, 0.25) is 0 Å². The van der Waals surface area contributed by atoms with Crippen LogP contribution in [0.3, 0.4) is 0 Å². The Labute approximate surface area is 75.5 Å². The quantitative estimate of drug-likeness (QED) is 0.463. The van der Waals surface area contributed by atoms with Crippen LogP contribution in [-0.2, 0) is 8.52 Å². The van der Waals surface area contributed by atoms with Gasteiger partial charge >= 0.3 is 75.0 Å². The van der Waals surface area contributed by atoms with E-state index in [1.54, 1.807) is 17.2 Å². The monoisotopic (exact) mass is 220 g/mol. The van der Waals surface area contributed by atoms with Crippen molar-refractivity contribution in [2.24, 2.45) is 11.5 Å². The van der Waals surface area contributed by atoms with Crippen molar-refractivity contribution >= 4 is 23.2 Å². The molecule has 1 atom stereocenters. The Kier molecular flexibility index (Phi) is 6.61. The van der Waals surface area contributed by atoms with Gasteiger partial charge in [-0.3, -0.25) is 0 Å². The zero-order valence-corrected chi connectivity index (χ0v) is 8.20. The minimum atomic E-state index is -0.496. The first-order chi connectivity index (χ1) is 5.22. The molecule has 0 heterocycles. The standard InChI is InChI=1S/C6H13AsN2O2/c7-11-6(10)5(9)3-1-2-4-8/h5H,1-4,8-9H2/t5-/m0/s1. The number of rotatable bonds is 5. The van der Waals surface area contributed by atoms with Crippen molar-refractivity contribution in [2.75, 3.05) is 6.54 Å². The molecule has 64 valence electrons. The molecule has 0 spiro atoms. The van der Waals surface area contributed by atoms with Crippen LogP contribution in [-0.4, -0.2) is 35.7 Å². The van der Waals surface area contributed by atoms with E-state index in [4.69, 9.17) is 11.5 Å². The van der Waals surface area contributed by atoms with Gasteiger partial charge in [0.1, 0.15) is 0 Å². The van der Waals surface area contributed by atoms with Crippen LogP contribution in [0.25, 0.3) is 0 Å². The molecule has 11 heavy (non-hydrogen) atoms. The molecule has 0 aromatic heterocycles. The zero-order valence-electron chi connectivity index (χ0n) is 6.32. The van der Waals surface area contributed by atoms with Crippen LogP contribution >= 0.6 is 0 Å². The number of nitrogens with two attached hydrogens (primary N) is 2. The van der Waals surface area contributed by atoms with E-state index in [-0.39, 0.29) is 5.97 Å². The average Bonchev–Trinajstić information content (AvgIpc) is 2.03. The molecule has 0 rings (SSSR count). The summed E-state index contributed by atoms with van der Waals surface area (Å²) < 4.78 is 4.38. The summed E-state index contributed by atoms with van der Waals surface area (Å²) in [7, 11) is 0. The zero-order chi connectivity index (χ0) is 8.69. The van der Waals surface area contributed by atoms with Crippen molar-refractivity contribution < 1.29 is 8.52 Å². The Morgan fingerprint density at radius 3 is 2.64 bits per heavy atom. The van der Waals surface area contributed by atoms with Gasteiger partial charge in [0, 0.05) is 0 Å². The molecular formula is C6H13AsN2O2. The molecule has 0 aliphatic rings. The molecule has 4 nitrogen and oxygen atoms in total. The maximum absolute atomic E-state index is 10.7. The third kappa shape index (κ3) is 5.24. The van der Waals surface area contributed by atoms with Gasteiger partial charge in [-0.25, -0.2) is 0 Å². The maximum atomic E-state index is 10.7. The van der Waals surface area contributed by atoms with Crippen molar-refractivity contribution in [3.63, 3.8) is 0 Å². The van der Waals surface area contributed by atoms with Gasteiger partial charge in [0.25, 0.3) is 0 Å². The second-order valence-corrected chi connectivity index (χ2v) is 2.68. The Hall–Kier alpha value is -0.0516. The van der Waals surface area contributed by atoms with Gasteiger partial charge in [-0.05, 0) is 0 Å². The van der Waals surface area contributed by atoms with Gasteiger partial charge in [-0.1, -0.05) is 0 Å². The average molecular weight is 220 g/mol. The van der Waals surface area contributed by atoms with E-state index in [0.29, 0.717) is 13.0 Å². The summed E-state index contributed by atoms with van der Waals surface area (Å²) in [6, 6.07) is -0.496. The van der Waals surface area contributed by atoms with E-state index in [9.17, 15) is 4.79 Å². The van der Waals surface area contributed by atoms with Crippen LogP contribution in [0.1, 0.15) is 19.3 Å². The molecule has 0 aliphatic heterocycles. The first-order valence-corrected chi connectivity index (χ1v) is 4.30. The molecule has 0 unspecified atom stereocenters. The van der Waals surface area contributed by atoms with E-state index >= 15 is 0 Å². The third-order valence-corrected chi connectivity index (χ3v) is 1.74. The van der Waals surface area contributed by atoms with Crippen molar-refractivity contribution in [3.8, 4) is 0 Å². The third-order valence-electron chi connectivity index (χ3n) is 1.36. The molecule has 0 aromatic carbocycles. The minimum absolute atomic E-state index is 0.373. The van der Waals surface area contributed by atoms with Gasteiger partial charge in [0.2, 0.25) is 0 Å². The van der Waals surface area contributed by atoms with E-state index in [2.05, 4.69) is 3.73 Å². The van der Waals surface area contributed by atoms with Crippen LogP contribution in [0.4, 0.5) is 0 Å². The number of carbonyl (C=O) groups is 1. The fourth-order valence-corrected chi connectivity index (χ4v) is 0.978. The molecule has 4 N–H and O–H groups in total. The predicted molar refractivity (Wildman–Crippen MR) is 42.7 cm³/mol. The van der Waals surface area contributed by atoms with E-state index < -0.39 is 6.04 Å². The predicted octanol–water partition coefficient (Wildman–Crippen LogP) is -0.931. The van der Waals surface area contributed by atoms with E-state index in [1.807, 2.05) is 0 Å². The molecule has 0 bridgehead atoms. The second-order valence-electron chi connectivity index (χ2n) is 2.30. The van der Waals surface area contributed by atoms with Gasteiger partial charge in [-0.15, -0.1) is 0 Å². The topological polar surface area (TPSA) is 78.3 Å². The Balaban J connectivity index is 3.36. The van der Waals surface area contributed by atoms with Crippen LogP contribution in [0, 0.1) is 0 Å². The van der Waals surface area contributed by atoms with Gasteiger partial charge < -0.3 is 0 Å². The molecule has 0 aliphatic carbocycles. The molecule has 0 saturated carbocycles. The summed E-state index contributed by atoms with van der Waals surface area (Å²) in [5, 5.41) is 0. The van der Waals surface area contributed by atoms with Crippen molar-refractivity contribution in [3.05, 3.63) is 0 Å². The van der Waals surface area contributed by atoms with Gasteiger partial charge in [-0.2, -0.15) is 0 Å². The van der Waals surface area contributed by atoms with E-state index in [1.165, 1.54) is 0 Å². The summed E-state index contributed by atoms with van der Waals surface area (Å²) in [5.41, 5.74) is 10.7. The van der Waals surface area contributed by atoms with Crippen LogP contribution in [0.15, 0.2) is 0 Å². The Morgan fingerprint density at radius 2 is 2.18 bits per heavy atom. The summed E-state index contributed by atoms with van der Waals surface area (Å²) in [5.74, 6) is -0.373. The molecule has 0 aromatic rings. The molecule has 0 saturated heterocycles. The fourth-order valence-electron chi connectivity index (χ4n) is 0.694. The normalized spacial score (nSPS) is 12.6.